The summed E-state index contributed by atoms with van der Waals surface area (Å²) in [7, 11) is 1.58. The monoisotopic (exact) mass is 557 g/mol. The van der Waals surface area contributed by atoms with E-state index in [0.717, 1.165) is 11.1 Å². The number of alkyl halides is 1. The van der Waals surface area contributed by atoms with Crippen molar-refractivity contribution in [3.05, 3.63) is 71.8 Å². The Morgan fingerprint density at radius 3 is 2.43 bits per heavy atom. The Hall–Kier alpha value is -2.36. The van der Waals surface area contributed by atoms with Gasteiger partial charge in [-0.2, -0.15) is 0 Å². The first-order valence-corrected chi connectivity index (χ1v) is 13.6. The molecule has 2 bridgehead atoms. The SMILES string of the molecule is CNC(=O)[C@H]1[C@H]2C(=O)N([C@H](CO)c3ccccc3)C(C(=O)NCc3ccccc3)C23CC(Br)[C@@H]1S3. The second-order valence-corrected chi connectivity index (χ2v) is 12.1. The maximum Gasteiger partial charge on any atom is 0.244 e. The van der Waals surface area contributed by atoms with E-state index < -0.39 is 28.7 Å². The van der Waals surface area contributed by atoms with Crippen molar-refractivity contribution in [2.75, 3.05) is 13.7 Å². The third-order valence-corrected chi connectivity index (χ3v) is 10.7. The van der Waals surface area contributed by atoms with Gasteiger partial charge in [0.1, 0.15) is 6.04 Å². The molecule has 7 atom stereocenters. The van der Waals surface area contributed by atoms with Crippen LogP contribution in [0.1, 0.15) is 23.6 Å². The zero-order chi connectivity index (χ0) is 24.7. The second kappa shape index (κ2) is 9.59. The lowest BCUT2D eigenvalue weighted by molar-refractivity contribution is -0.142. The summed E-state index contributed by atoms with van der Waals surface area (Å²) < 4.78 is -0.754. The van der Waals surface area contributed by atoms with Crippen LogP contribution in [0.25, 0.3) is 0 Å². The standard InChI is InChI=1S/C26H28BrN3O4S/c1-28-23(32)19-20-25(34)30(18(14-31)16-10-6-3-7-11-16)22(26(20)12-17(27)21(19)35-26)24(33)29-13-15-8-4-2-5-9-15/h2-11,17-22,31H,12-14H2,1H3,(H,28,32)(H,29,33)/t17?,18-,19+,20+,21+,22?,26?/m1/s1. The summed E-state index contributed by atoms with van der Waals surface area (Å²) in [5.74, 6) is -1.85. The number of aliphatic hydroxyl groups is 1. The van der Waals surface area contributed by atoms with Crippen LogP contribution in [0.2, 0.25) is 0 Å². The summed E-state index contributed by atoms with van der Waals surface area (Å²) in [5.41, 5.74) is 1.71. The van der Waals surface area contributed by atoms with Gasteiger partial charge in [0, 0.05) is 23.7 Å². The molecule has 35 heavy (non-hydrogen) atoms. The number of benzene rings is 2. The van der Waals surface area contributed by atoms with Gasteiger partial charge in [-0.3, -0.25) is 14.4 Å². The third-order valence-electron chi connectivity index (χ3n) is 7.53. The van der Waals surface area contributed by atoms with Crippen LogP contribution in [0.15, 0.2) is 60.7 Å². The summed E-state index contributed by atoms with van der Waals surface area (Å²) >= 11 is 5.33. The Kier molecular flexibility index (Phi) is 6.67. The van der Waals surface area contributed by atoms with Gasteiger partial charge < -0.3 is 20.6 Å². The Balaban J connectivity index is 1.56. The van der Waals surface area contributed by atoms with Gasteiger partial charge in [-0.1, -0.05) is 76.6 Å². The van der Waals surface area contributed by atoms with Crippen LogP contribution in [0, 0.1) is 11.8 Å². The zero-order valence-corrected chi connectivity index (χ0v) is 21.7. The molecule has 3 saturated heterocycles. The van der Waals surface area contributed by atoms with E-state index in [2.05, 4.69) is 26.6 Å². The highest BCUT2D eigenvalue weighted by atomic mass is 79.9. The van der Waals surface area contributed by atoms with Gasteiger partial charge in [0.2, 0.25) is 17.7 Å². The molecule has 0 radical (unpaired) electrons. The fourth-order valence-corrected chi connectivity index (χ4v) is 9.68. The molecule has 3 N–H and O–H groups in total. The molecule has 184 valence electrons. The molecule has 9 heteroatoms. The van der Waals surface area contributed by atoms with Crippen molar-refractivity contribution < 1.29 is 19.5 Å². The number of rotatable bonds is 7. The molecule has 3 unspecified atom stereocenters. The molecule has 0 aromatic heterocycles. The molecule has 2 aromatic rings. The number of halogens is 1. The highest BCUT2D eigenvalue weighted by molar-refractivity contribution is 9.09. The van der Waals surface area contributed by atoms with Gasteiger partial charge in [0.25, 0.3) is 0 Å². The molecule has 3 aliphatic heterocycles. The summed E-state index contributed by atoms with van der Waals surface area (Å²) in [4.78, 5) is 42.5. The number of hydrogen-bond acceptors (Lipinski definition) is 5. The Morgan fingerprint density at radius 1 is 1.14 bits per heavy atom. The lowest BCUT2D eigenvalue weighted by Crippen LogP contribution is -2.55. The van der Waals surface area contributed by atoms with Crippen LogP contribution in [0.5, 0.6) is 0 Å². The molecule has 3 aliphatic rings. The minimum Gasteiger partial charge on any atom is -0.394 e. The summed E-state index contributed by atoms with van der Waals surface area (Å²) in [5, 5.41) is 16.1. The van der Waals surface area contributed by atoms with E-state index in [9.17, 15) is 19.5 Å². The lowest BCUT2D eigenvalue weighted by atomic mass is 9.70. The van der Waals surface area contributed by atoms with E-state index in [0.29, 0.717) is 13.0 Å². The molecular weight excluding hydrogens is 530 g/mol. The van der Waals surface area contributed by atoms with Crippen molar-refractivity contribution in [1.82, 2.24) is 15.5 Å². The summed E-state index contributed by atoms with van der Waals surface area (Å²) in [6.45, 7) is 0.0102. The second-order valence-electron chi connectivity index (χ2n) is 9.34. The number of nitrogens with one attached hydrogen (secondary N) is 2. The molecule has 2 aromatic carbocycles. The van der Waals surface area contributed by atoms with Crippen LogP contribution >= 0.6 is 27.7 Å². The largest absolute Gasteiger partial charge is 0.394 e. The van der Waals surface area contributed by atoms with Crippen LogP contribution in [-0.4, -0.2) is 62.2 Å². The molecule has 0 saturated carbocycles. The van der Waals surface area contributed by atoms with Gasteiger partial charge in [0.15, 0.2) is 0 Å². The van der Waals surface area contributed by atoms with E-state index in [1.807, 2.05) is 60.7 Å². The smallest absolute Gasteiger partial charge is 0.244 e. The predicted octanol–water partition coefficient (Wildman–Crippen LogP) is 2.25. The number of hydrogen-bond donors (Lipinski definition) is 3. The highest BCUT2D eigenvalue weighted by Crippen LogP contribution is 2.68. The van der Waals surface area contributed by atoms with E-state index >= 15 is 0 Å². The maximum absolute atomic E-state index is 14.1. The third kappa shape index (κ3) is 3.88. The fourth-order valence-electron chi connectivity index (χ4n) is 6.08. The fraction of sp³-hybridized carbons (Fsp3) is 0.423. The molecule has 5 rings (SSSR count). The van der Waals surface area contributed by atoms with Crippen LogP contribution in [0.3, 0.4) is 0 Å². The molecule has 3 amide bonds. The van der Waals surface area contributed by atoms with Crippen molar-refractivity contribution in [2.45, 2.75) is 39.9 Å². The molecule has 3 heterocycles. The first-order valence-electron chi connectivity index (χ1n) is 11.8. The number of amides is 3. The average Bonchev–Trinajstić information content (AvgIpc) is 3.48. The molecular formula is C26H28BrN3O4S. The van der Waals surface area contributed by atoms with Crippen LogP contribution in [0.4, 0.5) is 0 Å². The lowest BCUT2D eigenvalue weighted by Gasteiger charge is -2.37. The van der Waals surface area contributed by atoms with Crippen LogP contribution in [-0.2, 0) is 20.9 Å². The van der Waals surface area contributed by atoms with Gasteiger partial charge in [-0.25, -0.2) is 0 Å². The molecule has 3 fully saturated rings. The minimum absolute atomic E-state index is 0.00697. The Morgan fingerprint density at radius 2 is 1.80 bits per heavy atom. The quantitative estimate of drug-likeness (QED) is 0.453. The Bertz CT molecular complexity index is 1120. The number of likely N-dealkylation sites (tertiary alicyclic amines) is 1. The first-order chi connectivity index (χ1) is 16.9. The molecule has 0 aliphatic carbocycles. The number of thioether (sulfide) groups is 1. The van der Waals surface area contributed by atoms with Gasteiger partial charge >= 0.3 is 0 Å². The maximum atomic E-state index is 14.1. The average molecular weight is 558 g/mol. The van der Waals surface area contributed by atoms with Gasteiger partial charge in [0.05, 0.1) is 29.2 Å². The zero-order valence-electron chi connectivity index (χ0n) is 19.3. The van der Waals surface area contributed by atoms with E-state index in [-0.39, 0.29) is 34.4 Å². The van der Waals surface area contributed by atoms with Crippen molar-refractivity contribution in [1.29, 1.82) is 0 Å². The van der Waals surface area contributed by atoms with E-state index in [1.165, 1.54) is 0 Å². The summed E-state index contributed by atoms with van der Waals surface area (Å²) in [6, 6.07) is 17.4. The topological polar surface area (TPSA) is 98.7 Å². The van der Waals surface area contributed by atoms with Gasteiger partial charge in [-0.15, -0.1) is 11.8 Å². The number of carbonyl (C=O) groups excluding carboxylic acids is 3. The highest BCUT2D eigenvalue weighted by Gasteiger charge is 2.76. The number of nitrogens with zero attached hydrogens (tertiary/aromatic N) is 1. The van der Waals surface area contributed by atoms with Crippen molar-refractivity contribution in [3.63, 3.8) is 0 Å². The number of fused-ring (bicyclic) bond motifs is 1. The summed E-state index contributed by atoms with van der Waals surface area (Å²) in [6.07, 6.45) is 0.596. The minimum atomic E-state index is -0.814. The molecule has 7 nitrogen and oxygen atoms in total. The Labute approximate surface area is 217 Å². The van der Waals surface area contributed by atoms with Crippen molar-refractivity contribution in [3.8, 4) is 0 Å². The number of aliphatic hydroxyl groups excluding tert-OH is 1. The van der Waals surface area contributed by atoms with E-state index in [1.54, 1.807) is 23.7 Å². The predicted molar refractivity (Wildman–Crippen MR) is 138 cm³/mol. The number of carbonyl (C=O) groups is 3. The van der Waals surface area contributed by atoms with Crippen LogP contribution < -0.4 is 10.6 Å². The van der Waals surface area contributed by atoms with E-state index in [4.69, 9.17) is 0 Å². The van der Waals surface area contributed by atoms with Crippen molar-refractivity contribution in [2.24, 2.45) is 11.8 Å². The van der Waals surface area contributed by atoms with Crippen molar-refractivity contribution >= 4 is 45.4 Å². The first kappa shape index (κ1) is 24.3. The normalized spacial score (nSPS) is 31.8. The molecule has 1 spiro atoms. The van der Waals surface area contributed by atoms with Gasteiger partial charge in [-0.05, 0) is 17.5 Å².